The number of aromatic nitrogens is 3. The van der Waals surface area contributed by atoms with Gasteiger partial charge in [-0.05, 0) is 48.1 Å². The number of carbonyl (C=O) groups is 1. The second-order valence-corrected chi connectivity index (χ2v) is 12.2. The Kier molecular flexibility index (Phi) is 9.33. The molecule has 12 nitrogen and oxygen atoms in total. The Morgan fingerprint density at radius 3 is 2.53 bits per heavy atom. The van der Waals surface area contributed by atoms with Crippen LogP contribution in [0.1, 0.15) is 51.8 Å². The highest BCUT2D eigenvalue weighted by atomic mass is 35.5. The first-order valence-corrected chi connectivity index (χ1v) is 14.4. The van der Waals surface area contributed by atoms with Crippen molar-refractivity contribution in [2.75, 3.05) is 19.0 Å². The van der Waals surface area contributed by atoms with Crippen LogP contribution in [0.2, 0.25) is 5.02 Å². The number of methoxy groups -OCH3 is 1. The van der Waals surface area contributed by atoms with Crippen molar-refractivity contribution >= 4 is 40.1 Å². The van der Waals surface area contributed by atoms with Gasteiger partial charge in [-0.15, -0.1) is 0 Å². The van der Waals surface area contributed by atoms with Crippen molar-refractivity contribution in [3.63, 3.8) is 0 Å². The van der Waals surface area contributed by atoms with E-state index in [-0.39, 0.29) is 51.3 Å². The Balaban J connectivity index is 2.24. The van der Waals surface area contributed by atoms with E-state index in [0.717, 1.165) is 4.57 Å². The van der Waals surface area contributed by atoms with E-state index in [2.05, 4.69) is 10.3 Å². The third-order valence-electron chi connectivity index (χ3n) is 7.38. The van der Waals surface area contributed by atoms with Crippen LogP contribution in [0.25, 0.3) is 28.0 Å². The van der Waals surface area contributed by atoms with E-state index in [0.29, 0.717) is 16.9 Å². The number of anilines is 1. The molecule has 4 aromatic rings. The third-order valence-corrected chi connectivity index (χ3v) is 7.66. The van der Waals surface area contributed by atoms with E-state index >= 15 is 4.39 Å². The number of ether oxygens (including phenoxy) is 2. The van der Waals surface area contributed by atoms with Crippen LogP contribution in [0, 0.1) is 28.3 Å². The summed E-state index contributed by atoms with van der Waals surface area (Å²) in [6, 6.07) is 6.49. The molecule has 0 aliphatic carbocycles. The smallest absolute Gasteiger partial charge is 0.404 e. The topological polar surface area (TPSA) is 164 Å². The number of amides is 1. The number of fused-ring (bicyclic) bond motifs is 1. The molecule has 0 fully saturated rings. The standard InChI is InChI=1S/C31H34ClFN6O6/c1-15(2)23-26(16(3)11-12-35-23)38-28-17(13-18(32)25(37-28)22-19(33)9-8-10-20(22)44-7)24(27(29(38)40)39(42)43)36-21(31(4,5)6)14-45-30(34)41/h8-13,15,21,36H,14H2,1-7H3,(H2,34,41). The lowest BCUT2D eigenvalue weighted by atomic mass is 9.87. The molecule has 4 rings (SSSR count). The van der Waals surface area contributed by atoms with Crippen molar-refractivity contribution in [2.45, 2.75) is 53.5 Å². The van der Waals surface area contributed by atoms with E-state index in [1.54, 1.807) is 19.2 Å². The number of benzene rings is 1. The lowest BCUT2D eigenvalue weighted by molar-refractivity contribution is -0.385. The summed E-state index contributed by atoms with van der Waals surface area (Å²) in [6.45, 7) is 10.6. The highest BCUT2D eigenvalue weighted by Crippen LogP contribution is 2.41. The summed E-state index contributed by atoms with van der Waals surface area (Å²) in [6.07, 6.45) is 0.542. The Bertz CT molecular complexity index is 1870. The van der Waals surface area contributed by atoms with Crippen LogP contribution in [0.15, 0.2) is 41.3 Å². The number of nitrogens with zero attached hydrogens (tertiary/aromatic N) is 4. The quantitative estimate of drug-likeness (QED) is 0.153. The van der Waals surface area contributed by atoms with E-state index in [1.807, 2.05) is 34.6 Å². The van der Waals surface area contributed by atoms with Crippen LogP contribution in [0.5, 0.6) is 5.75 Å². The van der Waals surface area contributed by atoms with Gasteiger partial charge in [0.1, 0.15) is 23.9 Å². The number of aryl methyl sites for hydroxylation is 1. The lowest BCUT2D eigenvalue weighted by Crippen LogP contribution is -2.40. The van der Waals surface area contributed by atoms with Crippen molar-refractivity contribution in [2.24, 2.45) is 11.1 Å². The molecular formula is C31H34ClFN6O6. The average molecular weight is 641 g/mol. The Morgan fingerprint density at radius 1 is 1.27 bits per heavy atom. The van der Waals surface area contributed by atoms with Gasteiger partial charge in [0.2, 0.25) is 0 Å². The van der Waals surface area contributed by atoms with Gasteiger partial charge < -0.3 is 20.5 Å². The first-order valence-electron chi connectivity index (χ1n) is 14.0. The van der Waals surface area contributed by atoms with Crippen LogP contribution in [-0.4, -0.2) is 45.3 Å². The second kappa shape index (κ2) is 12.7. The zero-order valence-electron chi connectivity index (χ0n) is 25.9. The molecule has 3 heterocycles. The molecule has 1 aromatic carbocycles. The van der Waals surface area contributed by atoms with Crippen LogP contribution in [0.3, 0.4) is 0 Å². The fourth-order valence-electron chi connectivity index (χ4n) is 5.01. The monoisotopic (exact) mass is 640 g/mol. The minimum absolute atomic E-state index is 0.0517. The zero-order valence-corrected chi connectivity index (χ0v) is 26.7. The summed E-state index contributed by atoms with van der Waals surface area (Å²) in [4.78, 5) is 46.9. The number of nitrogens with one attached hydrogen (secondary N) is 1. The van der Waals surface area contributed by atoms with E-state index in [4.69, 9.17) is 31.8 Å². The van der Waals surface area contributed by atoms with E-state index in [1.165, 1.54) is 31.4 Å². The lowest BCUT2D eigenvalue weighted by Gasteiger charge is -2.32. The van der Waals surface area contributed by atoms with Gasteiger partial charge in [0.15, 0.2) is 5.65 Å². The molecule has 0 spiro atoms. The maximum absolute atomic E-state index is 15.3. The van der Waals surface area contributed by atoms with Gasteiger partial charge in [-0.2, -0.15) is 0 Å². The number of rotatable bonds is 9. The predicted octanol–water partition coefficient (Wildman–Crippen LogP) is 6.51. The second-order valence-electron chi connectivity index (χ2n) is 11.8. The molecule has 238 valence electrons. The Hall–Kier alpha value is -4.78. The maximum atomic E-state index is 15.3. The summed E-state index contributed by atoms with van der Waals surface area (Å²) in [5, 5.41) is 15.8. The molecule has 1 unspecified atom stereocenters. The first kappa shape index (κ1) is 33.1. The number of hydrogen-bond acceptors (Lipinski definition) is 9. The summed E-state index contributed by atoms with van der Waals surface area (Å²) in [5.74, 6) is -0.753. The van der Waals surface area contributed by atoms with E-state index in [9.17, 15) is 19.7 Å². The number of primary amides is 1. The number of nitro groups is 1. The normalized spacial score (nSPS) is 12.3. The van der Waals surface area contributed by atoms with Crippen LogP contribution < -0.4 is 21.3 Å². The summed E-state index contributed by atoms with van der Waals surface area (Å²) in [5.41, 5.74) is 3.72. The molecular weight excluding hydrogens is 607 g/mol. The van der Waals surface area contributed by atoms with Gasteiger partial charge in [-0.1, -0.05) is 52.3 Å². The first-order chi connectivity index (χ1) is 21.1. The molecule has 3 N–H and O–H groups in total. The summed E-state index contributed by atoms with van der Waals surface area (Å²) >= 11 is 6.75. The average Bonchev–Trinajstić information content (AvgIpc) is 2.94. The Labute approximate surface area is 263 Å². The molecule has 3 aromatic heterocycles. The van der Waals surface area contributed by atoms with Crippen molar-refractivity contribution in [3.8, 4) is 22.7 Å². The van der Waals surface area contributed by atoms with Crippen LogP contribution in [0.4, 0.5) is 20.6 Å². The van der Waals surface area contributed by atoms with Crippen molar-refractivity contribution in [1.29, 1.82) is 0 Å². The van der Waals surface area contributed by atoms with Gasteiger partial charge in [0.25, 0.3) is 0 Å². The molecule has 0 radical (unpaired) electrons. The fourth-order valence-corrected chi connectivity index (χ4v) is 5.25. The van der Waals surface area contributed by atoms with Gasteiger partial charge in [-0.25, -0.2) is 14.2 Å². The van der Waals surface area contributed by atoms with Gasteiger partial charge in [0.05, 0.1) is 45.7 Å². The highest BCUT2D eigenvalue weighted by Gasteiger charge is 2.35. The maximum Gasteiger partial charge on any atom is 0.404 e. The van der Waals surface area contributed by atoms with Gasteiger partial charge in [0, 0.05) is 11.6 Å². The van der Waals surface area contributed by atoms with Crippen LogP contribution >= 0.6 is 11.6 Å². The molecule has 45 heavy (non-hydrogen) atoms. The minimum atomic E-state index is -1.04. The molecule has 0 bridgehead atoms. The van der Waals surface area contributed by atoms with Crippen LogP contribution in [-0.2, 0) is 4.74 Å². The number of hydrogen-bond donors (Lipinski definition) is 2. The molecule has 14 heteroatoms. The van der Waals surface area contributed by atoms with E-state index < -0.39 is 39.5 Å². The number of nitrogens with two attached hydrogens (primary N) is 1. The molecule has 0 aliphatic heterocycles. The highest BCUT2D eigenvalue weighted by molar-refractivity contribution is 6.34. The fraction of sp³-hybridized carbons (Fsp3) is 0.355. The molecule has 1 atom stereocenters. The number of halogens is 2. The SMILES string of the molecule is COc1cccc(F)c1-c1nc2c(cc1Cl)c(NC(COC(N)=O)C(C)(C)C)c([N+](=O)[O-])c(=O)n2-c1c(C)ccnc1C(C)C. The van der Waals surface area contributed by atoms with Crippen molar-refractivity contribution in [1.82, 2.24) is 14.5 Å². The molecule has 0 aliphatic rings. The number of pyridine rings is 3. The summed E-state index contributed by atoms with van der Waals surface area (Å²) in [7, 11) is 1.36. The largest absolute Gasteiger partial charge is 0.496 e. The summed E-state index contributed by atoms with van der Waals surface area (Å²) < 4.78 is 26.9. The molecule has 0 saturated carbocycles. The van der Waals surface area contributed by atoms with Gasteiger partial charge in [-0.3, -0.25) is 24.5 Å². The molecule has 0 saturated heterocycles. The molecule has 1 amide bonds. The predicted molar refractivity (Wildman–Crippen MR) is 170 cm³/mol. The Morgan fingerprint density at radius 2 is 1.96 bits per heavy atom. The van der Waals surface area contributed by atoms with Crippen molar-refractivity contribution < 1.29 is 23.6 Å². The van der Waals surface area contributed by atoms with Crippen molar-refractivity contribution in [3.05, 3.63) is 79.1 Å². The zero-order chi connectivity index (χ0) is 33.4. The number of carbonyl (C=O) groups excluding carboxylic acids is 1. The third kappa shape index (κ3) is 6.39. The van der Waals surface area contributed by atoms with Gasteiger partial charge >= 0.3 is 17.3 Å². The minimum Gasteiger partial charge on any atom is -0.496 e.